The highest BCUT2D eigenvalue weighted by molar-refractivity contribution is 7.16. The van der Waals surface area contributed by atoms with Crippen LogP contribution in [-0.2, 0) is 24.2 Å². The highest BCUT2D eigenvalue weighted by Gasteiger charge is 2.34. The van der Waals surface area contributed by atoms with E-state index in [1.165, 1.54) is 16.0 Å². The van der Waals surface area contributed by atoms with E-state index in [1.807, 2.05) is 18.2 Å². The highest BCUT2D eigenvalue weighted by atomic mass is 35.5. The summed E-state index contributed by atoms with van der Waals surface area (Å²) in [6.07, 6.45) is 4.22. The smallest absolute Gasteiger partial charge is 0.239 e. The van der Waals surface area contributed by atoms with Gasteiger partial charge in [-0.2, -0.15) is 5.26 Å². The second kappa shape index (κ2) is 10.8. The lowest BCUT2D eigenvalue weighted by atomic mass is 9.69. The van der Waals surface area contributed by atoms with Gasteiger partial charge in [-0.25, -0.2) is 0 Å². The minimum atomic E-state index is -0.0242. The van der Waals surface area contributed by atoms with Crippen molar-refractivity contribution in [3.63, 3.8) is 0 Å². The van der Waals surface area contributed by atoms with Gasteiger partial charge in [0.05, 0.1) is 12.1 Å². The first-order valence-corrected chi connectivity index (χ1v) is 13.5. The van der Waals surface area contributed by atoms with Crippen molar-refractivity contribution in [1.29, 1.82) is 5.26 Å². The summed E-state index contributed by atoms with van der Waals surface area (Å²) in [4.78, 5) is 18.7. The first-order chi connectivity index (χ1) is 16.3. The third kappa shape index (κ3) is 5.83. The number of fused-ring (bicyclic) bond motifs is 1. The van der Waals surface area contributed by atoms with Crippen LogP contribution in [0.1, 0.15) is 55.2 Å². The molecule has 2 aromatic rings. The Morgan fingerprint density at radius 1 is 1.26 bits per heavy atom. The van der Waals surface area contributed by atoms with E-state index in [0.29, 0.717) is 23.4 Å². The van der Waals surface area contributed by atoms with Gasteiger partial charge in [-0.3, -0.25) is 14.6 Å². The summed E-state index contributed by atoms with van der Waals surface area (Å²) in [6, 6.07) is 10.4. The summed E-state index contributed by atoms with van der Waals surface area (Å²) < 4.78 is 0. The van der Waals surface area contributed by atoms with Gasteiger partial charge in [0.15, 0.2) is 0 Å². The molecule has 0 saturated carbocycles. The molecule has 1 amide bonds. The van der Waals surface area contributed by atoms with Crippen LogP contribution < -0.4 is 5.32 Å². The number of nitrogens with one attached hydrogen (secondary N) is 1. The van der Waals surface area contributed by atoms with Crippen LogP contribution in [0.2, 0.25) is 5.02 Å². The van der Waals surface area contributed by atoms with E-state index in [1.54, 1.807) is 11.3 Å². The quantitative estimate of drug-likeness (QED) is 0.542. The van der Waals surface area contributed by atoms with Crippen LogP contribution in [0.25, 0.3) is 0 Å². The largest absolute Gasteiger partial charge is 0.315 e. The van der Waals surface area contributed by atoms with Gasteiger partial charge in [0.25, 0.3) is 0 Å². The molecule has 0 spiro atoms. The molecule has 182 valence electrons. The molecule has 1 atom stereocenters. The molecule has 1 aromatic heterocycles. The molecular weight excluding hydrogens is 464 g/mol. The lowest BCUT2D eigenvalue weighted by Crippen LogP contribution is -2.48. The summed E-state index contributed by atoms with van der Waals surface area (Å²) in [5, 5.41) is 14.4. The van der Waals surface area contributed by atoms with Crippen LogP contribution in [-0.4, -0.2) is 48.4 Å². The zero-order valence-corrected chi connectivity index (χ0v) is 22.1. The van der Waals surface area contributed by atoms with E-state index in [0.717, 1.165) is 68.4 Å². The number of amides is 1. The van der Waals surface area contributed by atoms with E-state index >= 15 is 0 Å². The SMILES string of the molecule is CCC(C)(C)C1CCc2c(sc(NC(=O)CN3CCN(Cc4cccc(Cl)c4)CC3)c2C#N)C1. The molecule has 0 bridgehead atoms. The van der Waals surface area contributed by atoms with Crippen molar-refractivity contribution in [3.05, 3.63) is 50.9 Å². The normalized spacial score (nSPS) is 19.4. The van der Waals surface area contributed by atoms with Gasteiger partial charge >= 0.3 is 0 Å². The summed E-state index contributed by atoms with van der Waals surface area (Å²) in [5.41, 5.74) is 3.37. The van der Waals surface area contributed by atoms with Crippen LogP contribution in [0.3, 0.4) is 0 Å². The Balaban J connectivity index is 1.31. The van der Waals surface area contributed by atoms with Crippen molar-refractivity contribution in [3.8, 4) is 6.07 Å². The minimum absolute atomic E-state index is 0.0242. The van der Waals surface area contributed by atoms with Crippen molar-refractivity contribution in [2.75, 3.05) is 38.0 Å². The fraction of sp³-hybridized carbons (Fsp3) is 0.556. The van der Waals surface area contributed by atoms with E-state index in [4.69, 9.17) is 11.6 Å². The lowest BCUT2D eigenvalue weighted by Gasteiger charge is -2.36. The molecule has 1 aromatic carbocycles. The van der Waals surface area contributed by atoms with Crippen molar-refractivity contribution in [2.45, 2.75) is 53.0 Å². The van der Waals surface area contributed by atoms with E-state index in [-0.39, 0.29) is 5.91 Å². The zero-order valence-electron chi connectivity index (χ0n) is 20.5. The number of hydrogen-bond donors (Lipinski definition) is 1. The van der Waals surface area contributed by atoms with Crippen molar-refractivity contribution < 1.29 is 4.79 Å². The van der Waals surface area contributed by atoms with Gasteiger partial charge < -0.3 is 5.32 Å². The molecule has 2 aliphatic rings. The lowest BCUT2D eigenvalue weighted by molar-refractivity contribution is -0.117. The minimum Gasteiger partial charge on any atom is -0.315 e. The molecule has 7 heteroatoms. The fourth-order valence-electron chi connectivity index (χ4n) is 5.12. The number of thiophene rings is 1. The van der Waals surface area contributed by atoms with Crippen molar-refractivity contribution >= 4 is 33.8 Å². The van der Waals surface area contributed by atoms with Gasteiger partial charge in [-0.1, -0.05) is 50.9 Å². The number of piperazine rings is 1. The number of rotatable bonds is 7. The molecule has 1 fully saturated rings. The third-order valence-corrected chi connectivity index (χ3v) is 9.18. The molecular formula is C27H35ClN4OS. The first kappa shape index (κ1) is 25.2. The monoisotopic (exact) mass is 498 g/mol. The van der Waals surface area contributed by atoms with Gasteiger partial charge in [0.1, 0.15) is 11.1 Å². The number of halogens is 1. The number of benzene rings is 1. The molecule has 2 heterocycles. The number of nitriles is 1. The van der Waals surface area contributed by atoms with Crippen molar-refractivity contribution in [1.82, 2.24) is 9.80 Å². The Morgan fingerprint density at radius 2 is 2.00 bits per heavy atom. The van der Waals surface area contributed by atoms with Crippen molar-refractivity contribution in [2.24, 2.45) is 11.3 Å². The molecule has 1 N–H and O–H groups in total. The Bertz CT molecular complexity index is 1070. The standard InChI is InChI=1S/C27H35ClN4OS/c1-4-27(2,3)20-8-9-22-23(16-29)26(34-24(22)15-20)30-25(33)18-32-12-10-31(11-13-32)17-19-6-5-7-21(28)14-19/h5-7,14,20H,4,8-13,15,17-18H2,1-3H3,(H,30,33). The summed E-state index contributed by atoms with van der Waals surface area (Å²) in [6.45, 7) is 11.7. The Labute approximate surface area is 212 Å². The topological polar surface area (TPSA) is 59.4 Å². The summed E-state index contributed by atoms with van der Waals surface area (Å²) in [5.74, 6) is 0.603. The third-order valence-electron chi connectivity index (χ3n) is 7.77. The van der Waals surface area contributed by atoms with E-state index in [9.17, 15) is 10.1 Å². The predicted octanol–water partition coefficient (Wildman–Crippen LogP) is 5.57. The second-order valence-electron chi connectivity index (χ2n) is 10.3. The second-order valence-corrected chi connectivity index (χ2v) is 11.9. The van der Waals surface area contributed by atoms with Gasteiger partial charge in [-0.15, -0.1) is 11.3 Å². The first-order valence-electron chi connectivity index (χ1n) is 12.3. The van der Waals surface area contributed by atoms with Gasteiger partial charge in [0, 0.05) is 42.6 Å². The molecule has 1 saturated heterocycles. The summed E-state index contributed by atoms with van der Waals surface area (Å²) in [7, 11) is 0. The van der Waals surface area contributed by atoms with Crippen LogP contribution in [0.5, 0.6) is 0 Å². The number of nitrogens with zero attached hydrogens (tertiary/aromatic N) is 3. The van der Waals surface area contributed by atoms with Crippen LogP contribution in [0, 0.1) is 22.7 Å². The van der Waals surface area contributed by atoms with E-state index in [2.05, 4.69) is 48.0 Å². The van der Waals surface area contributed by atoms with Gasteiger partial charge in [-0.05, 0) is 53.9 Å². The number of hydrogen-bond acceptors (Lipinski definition) is 5. The average Bonchev–Trinajstić information content (AvgIpc) is 3.16. The number of carbonyl (C=O) groups excluding carboxylic acids is 1. The molecule has 1 aliphatic heterocycles. The molecule has 1 aliphatic carbocycles. The summed E-state index contributed by atoms with van der Waals surface area (Å²) >= 11 is 7.73. The maximum Gasteiger partial charge on any atom is 0.239 e. The maximum atomic E-state index is 12.9. The maximum absolute atomic E-state index is 12.9. The fourth-order valence-corrected chi connectivity index (χ4v) is 6.62. The number of anilines is 1. The zero-order chi connectivity index (χ0) is 24.3. The predicted molar refractivity (Wildman–Crippen MR) is 140 cm³/mol. The molecule has 5 nitrogen and oxygen atoms in total. The van der Waals surface area contributed by atoms with Crippen LogP contribution in [0.4, 0.5) is 5.00 Å². The van der Waals surface area contributed by atoms with Gasteiger partial charge in [0.2, 0.25) is 5.91 Å². The Hall–Kier alpha value is -1.91. The molecule has 0 radical (unpaired) electrons. The Kier molecular flexibility index (Phi) is 7.99. The molecule has 34 heavy (non-hydrogen) atoms. The Morgan fingerprint density at radius 3 is 2.68 bits per heavy atom. The average molecular weight is 499 g/mol. The van der Waals surface area contributed by atoms with E-state index < -0.39 is 0 Å². The number of carbonyl (C=O) groups is 1. The molecule has 1 unspecified atom stereocenters. The molecule has 4 rings (SSSR count). The van der Waals surface area contributed by atoms with Crippen LogP contribution in [0.15, 0.2) is 24.3 Å². The highest BCUT2D eigenvalue weighted by Crippen LogP contribution is 2.45. The van der Waals surface area contributed by atoms with Crippen LogP contribution >= 0.6 is 22.9 Å².